The number of hydrogen-bond acceptors (Lipinski definition) is 6. The summed E-state index contributed by atoms with van der Waals surface area (Å²) >= 11 is 0. The highest BCUT2D eigenvalue weighted by Crippen LogP contribution is 2.38. The number of likely N-dealkylation sites (tertiary alicyclic amines) is 1. The molecule has 2 saturated heterocycles. The van der Waals surface area contributed by atoms with Crippen molar-refractivity contribution < 1.29 is 23.6 Å². The van der Waals surface area contributed by atoms with Gasteiger partial charge in [-0.05, 0) is 83.8 Å². The molecule has 0 bridgehead atoms. The molecule has 2 fully saturated rings. The molecule has 0 saturated carbocycles. The van der Waals surface area contributed by atoms with Crippen molar-refractivity contribution in [2.24, 2.45) is 13.0 Å². The maximum Gasteiger partial charge on any atom is 0.495 e. The molecule has 8 nitrogen and oxygen atoms in total. The molecule has 0 N–H and O–H groups in total. The first-order chi connectivity index (χ1) is 18.3. The number of aromatic nitrogens is 2. The Hall–Kier alpha value is -3.04. The quantitative estimate of drug-likeness (QED) is 0.415. The van der Waals surface area contributed by atoms with Gasteiger partial charge in [-0.15, -0.1) is 0 Å². The van der Waals surface area contributed by atoms with Crippen LogP contribution in [0.2, 0.25) is 0 Å². The topological polar surface area (TPSA) is 75.1 Å². The highest BCUT2D eigenvalue weighted by atomic mass is 16.7. The first-order valence-electron chi connectivity index (χ1n) is 13.7. The number of ether oxygens (including phenoxy) is 2. The van der Waals surface area contributed by atoms with Crippen molar-refractivity contribution in [2.75, 3.05) is 13.7 Å². The zero-order valence-electron chi connectivity index (χ0n) is 24.6. The van der Waals surface area contributed by atoms with E-state index in [1.54, 1.807) is 7.11 Å². The maximum atomic E-state index is 13.1. The summed E-state index contributed by atoms with van der Waals surface area (Å²) in [6.07, 6.45) is 0.270. The van der Waals surface area contributed by atoms with E-state index in [0.29, 0.717) is 13.0 Å². The van der Waals surface area contributed by atoms with Gasteiger partial charge in [0.2, 0.25) is 5.91 Å². The second kappa shape index (κ2) is 9.86. The Kier molecular flexibility index (Phi) is 6.96. The Bertz CT molecular complexity index is 1370. The van der Waals surface area contributed by atoms with Gasteiger partial charge in [0, 0.05) is 31.6 Å². The lowest BCUT2D eigenvalue weighted by Crippen LogP contribution is -2.41. The minimum Gasteiger partial charge on any atom is -0.497 e. The molecular formula is C30H40BN3O5. The number of fused-ring (bicyclic) bond motifs is 1. The Morgan fingerprint density at radius 2 is 1.72 bits per heavy atom. The molecule has 5 rings (SSSR count). The van der Waals surface area contributed by atoms with Gasteiger partial charge in [0.15, 0.2) is 0 Å². The Morgan fingerprint density at radius 1 is 1.08 bits per heavy atom. The summed E-state index contributed by atoms with van der Waals surface area (Å²) in [5.41, 5.74) is 2.91. The van der Waals surface area contributed by atoms with Crippen molar-refractivity contribution in [3.8, 4) is 11.5 Å². The summed E-state index contributed by atoms with van der Waals surface area (Å²) in [6.45, 7) is 15.0. The number of methoxy groups -OCH3 is 1. The number of nitrogens with zero attached hydrogens (tertiary/aromatic N) is 3. The fourth-order valence-electron chi connectivity index (χ4n) is 5.48. The fourth-order valence-corrected chi connectivity index (χ4v) is 5.48. The van der Waals surface area contributed by atoms with Crippen LogP contribution in [0.25, 0.3) is 10.9 Å². The third-order valence-electron chi connectivity index (χ3n) is 8.96. The molecule has 0 spiro atoms. The van der Waals surface area contributed by atoms with Gasteiger partial charge in [0.25, 0.3) is 0 Å². The molecule has 1 aromatic heterocycles. The predicted octanol–water partition coefficient (Wildman–Crippen LogP) is 4.57. The van der Waals surface area contributed by atoms with Gasteiger partial charge in [-0.3, -0.25) is 9.48 Å². The van der Waals surface area contributed by atoms with E-state index in [2.05, 4.69) is 13.8 Å². The van der Waals surface area contributed by atoms with Crippen LogP contribution in [0.4, 0.5) is 0 Å². The van der Waals surface area contributed by atoms with Crippen LogP contribution in [-0.2, 0) is 21.2 Å². The molecule has 208 valence electrons. The molecule has 2 aromatic carbocycles. The van der Waals surface area contributed by atoms with Crippen molar-refractivity contribution in [3.05, 3.63) is 47.7 Å². The van der Waals surface area contributed by atoms with Crippen molar-refractivity contribution in [2.45, 2.75) is 78.2 Å². The number of carbonyl (C=O) groups is 1. The van der Waals surface area contributed by atoms with Crippen molar-refractivity contribution in [3.63, 3.8) is 0 Å². The Balaban J connectivity index is 1.38. The number of amides is 1. The van der Waals surface area contributed by atoms with Crippen LogP contribution < -0.4 is 14.9 Å². The van der Waals surface area contributed by atoms with Crippen molar-refractivity contribution in [1.82, 2.24) is 14.7 Å². The number of benzene rings is 2. The van der Waals surface area contributed by atoms with Crippen LogP contribution in [0.5, 0.6) is 11.5 Å². The second-order valence-corrected chi connectivity index (χ2v) is 12.0. The van der Waals surface area contributed by atoms with E-state index in [1.165, 1.54) is 0 Å². The van der Waals surface area contributed by atoms with Gasteiger partial charge in [-0.1, -0.05) is 12.1 Å². The van der Waals surface area contributed by atoms with Gasteiger partial charge in [-0.25, -0.2) is 0 Å². The average Bonchev–Trinajstić information content (AvgIpc) is 3.48. The Morgan fingerprint density at radius 3 is 2.33 bits per heavy atom. The standard InChI is InChI=1S/C30H40BN3O5/c1-18(21-10-12-24(36-9)13-11-21)34-17-22(14-27(34)35)20(3)37-26-16-23(15-25-28(26)19(2)33(8)32-25)31-38-29(4,5)30(6,7)39-31/h10-13,15-16,18,20,22H,14,17H2,1-9H3/t18-,20+,22+/m0/s1. The molecule has 0 unspecified atom stereocenters. The molecule has 2 aliphatic heterocycles. The van der Waals surface area contributed by atoms with Gasteiger partial charge < -0.3 is 23.7 Å². The zero-order chi connectivity index (χ0) is 28.3. The minimum absolute atomic E-state index is 0.0282. The highest BCUT2D eigenvalue weighted by Gasteiger charge is 2.52. The maximum absolute atomic E-state index is 13.1. The summed E-state index contributed by atoms with van der Waals surface area (Å²) in [6, 6.07) is 11.9. The largest absolute Gasteiger partial charge is 0.497 e. The third-order valence-corrected chi connectivity index (χ3v) is 8.96. The van der Waals surface area contributed by atoms with E-state index in [1.807, 2.05) is 87.6 Å². The van der Waals surface area contributed by atoms with Gasteiger partial charge in [0.05, 0.1) is 35.3 Å². The fraction of sp³-hybridized carbons (Fsp3) is 0.533. The third kappa shape index (κ3) is 4.91. The molecule has 39 heavy (non-hydrogen) atoms. The molecule has 3 heterocycles. The van der Waals surface area contributed by atoms with Crippen LogP contribution in [0, 0.1) is 12.8 Å². The normalized spacial score (nSPS) is 22.0. The second-order valence-electron chi connectivity index (χ2n) is 12.0. The lowest BCUT2D eigenvalue weighted by atomic mass is 9.78. The van der Waals surface area contributed by atoms with Crippen LogP contribution >= 0.6 is 0 Å². The summed E-state index contributed by atoms with van der Waals surface area (Å²) in [5, 5.41) is 5.70. The van der Waals surface area contributed by atoms with Crippen molar-refractivity contribution in [1.29, 1.82) is 0 Å². The highest BCUT2D eigenvalue weighted by molar-refractivity contribution is 6.62. The Labute approximate surface area is 231 Å². The molecule has 9 heteroatoms. The van der Waals surface area contributed by atoms with Crippen LogP contribution in [-0.4, -0.2) is 58.7 Å². The monoisotopic (exact) mass is 533 g/mol. The SMILES string of the molecule is COc1ccc([C@H](C)N2C[C@H]([C@@H](C)Oc3cc(B4OC(C)(C)C(C)(C)O4)cc4nn(C)c(C)c34)CC2=O)cc1. The number of aryl methyl sites for hydroxylation is 2. The molecule has 2 aliphatic rings. The number of rotatable bonds is 7. The van der Waals surface area contributed by atoms with E-state index >= 15 is 0 Å². The molecule has 3 atom stereocenters. The van der Waals surface area contributed by atoms with E-state index in [4.69, 9.17) is 23.9 Å². The lowest BCUT2D eigenvalue weighted by molar-refractivity contribution is -0.129. The molecule has 1 amide bonds. The number of hydrogen-bond donors (Lipinski definition) is 0. The first kappa shape index (κ1) is 27.5. The number of carbonyl (C=O) groups excluding carboxylic acids is 1. The zero-order valence-corrected chi connectivity index (χ0v) is 24.6. The molecule has 0 aliphatic carbocycles. The van der Waals surface area contributed by atoms with Crippen LogP contribution in [0.15, 0.2) is 36.4 Å². The molecular weight excluding hydrogens is 493 g/mol. The van der Waals surface area contributed by atoms with Gasteiger partial charge in [0.1, 0.15) is 17.6 Å². The summed E-state index contributed by atoms with van der Waals surface area (Å²) < 4.78 is 26.5. The van der Waals surface area contributed by atoms with Crippen molar-refractivity contribution >= 4 is 29.4 Å². The summed E-state index contributed by atoms with van der Waals surface area (Å²) in [5.74, 6) is 1.75. The van der Waals surface area contributed by atoms with E-state index in [9.17, 15) is 4.79 Å². The molecule has 3 aromatic rings. The predicted molar refractivity (Wildman–Crippen MR) is 152 cm³/mol. The van der Waals surface area contributed by atoms with Crippen LogP contribution in [0.3, 0.4) is 0 Å². The minimum atomic E-state index is -0.520. The average molecular weight is 533 g/mol. The van der Waals surface area contributed by atoms with E-state index in [0.717, 1.165) is 39.1 Å². The van der Waals surface area contributed by atoms with E-state index in [-0.39, 0.29) is 24.0 Å². The summed E-state index contributed by atoms with van der Waals surface area (Å²) in [7, 11) is 3.07. The molecule has 0 radical (unpaired) electrons. The lowest BCUT2D eigenvalue weighted by Gasteiger charge is -2.32. The van der Waals surface area contributed by atoms with Crippen LogP contribution in [0.1, 0.15) is 65.3 Å². The van der Waals surface area contributed by atoms with Gasteiger partial charge in [-0.2, -0.15) is 5.10 Å². The first-order valence-corrected chi connectivity index (χ1v) is 13.7. The smallest absolute Gasteiger partial charge is 0.495 e. The van der Waals surface area contributed by atoms with E-state index < -0.39 is 18.3 Å². The van der Waals surface area contributed by atoms with Gasteiger partial charge >= 0.3 is 7.12 Å². The summed E-state index contributed by atoms with van der Waals surface area (Å²) in [4.78, 5) is 15.1.